The zero-order valence-electron chi connectivity index (χ0n) is 15.4. The molecular weight excluding hydrogens is 368 g/mol. The number of benzene rings is 1. The molecule has 152 valence electrons. The lowest BCUT2D eigenvalue weighted by atomic mass is 10.1. The Balaban J connectivity index is 2.16. The number of nitrogens with zero attached hydrogens (tertiary/aromatic N) is 2. The number of amides is 2. The van der Waals surface area contributed by atoms with E-state index in [2.05, 4.69) is 10.6 Å². The molecule has 2 aliphatic rings. The minimum atomic E-state index is -1.10. The van der Waals surface area contributed by atoms with Gasteiger partial charge in [0.25, 0.3) is 0 Å². The summed E-state index contributed by atoms with van der Waals surface area (Å²) in [4.78, 5) is 49.3. The van der Waals surface area contributed by atoms with E-state index in [1.165, 1.54) is 9.80 Å². The molecule has 1 aromatic carbocycles. The summed E-state index contributed by atoms with van der Waals surface area (Å²) in [5.74, 6) is -2.86. The summed E-state index contributed by atoms with van der Waals surface area (Å²) < 4.78 is 0. The molecule has 2 amide bonds. The van der Waals surface area contributed by atoms with Gasteiger partial charge in [-0.2, -0.15) is 0 Å². The standard InChI is InChI=1S/C18H24N4O6/c23-15-9-21(11-17(25)26)5-6-22(12-18(27)28)10-16(24)20-8-14-2-1-13(3-4-14)7-19-15/h1-4H,5-12H2,(H,19,23)(H,20,24)(H,25,26)(H,27,28). The molecule has 0 saturated heterocycles. The maximum absolute atomic E-state index is 12.2. The van der Waals surface area contributed by atoms with E-state index in [9.17, 15) is 19.2 Å². The van der Waals surface area contributed by atoms with Crippen molar-refractivity contribution in [3.8, 4) is 0 Å². The highest BCUT2D eigenvalue weighted by Crippen LogP contribution is 2.05. The van der Waals surface area contributed by atoms with Crippen LogP contribution < -0.4 is 10.6 Å². The third kappa shape index (κ3) is 7.72. The average Bonchev–Trinajstić information content (AvgIpc) is 2.61. The van der Waals surface area contributed by atoms with E-state index >= 15 is 0 Å². The first-order chi connectivity index (χ1) is 13.3. The highest BCUT2D eigenvalue weighted by molar-refractivity contribution is 5.79. The minimum Gasteiger partial charge on any atom is -0.480 e. The van der Waals surface area contributed by atoms with E-state index in [1.54, 1.807) is 0 Å². The van der Waals surface area contributed by atoms with Gasteiger partial charge in [0, 0.05) is 26.2 Å². The SMILES string of the molecule is O=C(O)CN1CCN(CC(=O)O)CC(=O)NCc2ccc(cc2)CNC(=O)C1. The van der Waals surface area contributed by atoms with Crippen LogP contribution in [-0.2, 0) is 32.3 Å². The van der Waals surface area contributed by atoms with Crippen LogP contribution in [0.5, 0.6) is 0 Å². The number of carboxylic acid groups (broad SMARTS) is 2. The maximum atomic E-state index is 12.2. The molecule has 0 radical (unpaired) electrons. The number of hydrogen-bond donors (Lipinski definition) is 4. The molecule has 10 nitrogen and oxygen atoms in total. The van der Waals surface area contributed by atoms with Crippen LogP contribution >= 0.6 is 0 Å². The Morgan fingerprint density at radius 1 is 0.786 bits per heavy atom. The van der Waals surface area contributed by atoms with Crippen LogP contribution in [0.4, 0.5) is 0 Å². The number of rotatable bonds is 4. The molecule has 2 aliphatic heterocycles. The number of carbonyl (C=O) groups excluding carboxylic acids is 2. The molecular formula is C18H24N4O6. The van der Waals surface area contributed by atoms with Crippen molar-refractivity contribution in [1.82, 2.24) is 20.4 Å². The third-order valence-corrected chi connectivity index (χ3v) is 4.19. The van der Waals surface area contributed by atoms with Gasteiger partial charge >= 0.3 is 11.9 Å². The summed E-state index contributed by atoms with van der Waals surface area (Å²) >= 11 is 0. The third-order valence-electron chi connectivity index (χ3n) is 4.19. The molecule has 28 heavy (non-hydrogen) atoms. The Morgan fingerprint density at radius 3 is 1.46 bits per heavy atom. The molecule has 2 heterocycles. The summed E-state index contributed by atoms with van der Waals surface area (Å²) in [5, 5.41) is 23.6. The second kappa shape index (κ2) is 10.4. The van der Waals surface area contributed by atoms with Gasteiger partial charge in [-0.3, -0.25) is 29.0 Å². The molecule has 10 heteroatoms. The lowest BCUT2D eigenvalue weighted by Gasteiger charge is -2.25. The Morgan fingerprint density at radius 2 is 1.14 bits per heavy atom. The van der Waals surface area contributed by atoms with Crippen LogP contribution in [0.15, 0.2) is 24.3 Å². The van der Waals surface area contributed by atoms with Crippen LogP contribution in [0, 0.1) is 0 Å². The van der Waals surface area contributed by atoms with Crippen LogP contribution in [-0.4, -0.2) is 83.0 Å². The van der Waals surface area contributed by atoms with E-state index in [-0.39, 0.29) is 51.1 Å². The van der Waals surface area contributed by atoms with Gasteiger partial charge in [-0.1, -0.05) is 24.3 Å². The van der Waals surface area contributed by atoms with Gasteiger partial charge in [0.05, 0.1) is 26.2 Å². The van der Waals surface area contributed by atoms with E-state index in [1.807, 2.05) is 24.3 Å². The van der Waals surface area contributed by atoms with Crippen LogP contribution in [0.3, 0.4) is 0 Å². The fourth-order valence-electron chi connectivity index (χ4n) is 2.79. The number of aliphatic carboxylic acids is 2. The summed E-state index contributed by atoms with van der Waals surface area (Å²) in [6.45, 7) is -0.142. The molecule has 4 N–H and O–H groups in total. The molecule has 2 bridgehead atoms. The fourth-order valence-corrected chi connectivity index (χ4v) is 2.79. The van der Waals surface area contributed by atoms with Gasteiger partial charge in [0.1, 0.15) is 0 Å². The Bertz CT molecular complexity index is 660. The first kappa shape index (κ1) is 21.3. The van der Waals surface area contributed by atoms with E-state index in [0.717, 1.165) is 11.1 Å². The molecule has 3 rings (SSSR count). The number of nitrogens with one attached hydrogen (secondary N) is 2. The van der Waals surface area contributed by atoms with Gasteiger partial charge in [0.15, 0.2) is 0 Å². The second-order valence-corrected chi connectivity index (χ2v) is 6.58. The normalized spacial score (nSPS) is 17.7. The van der Waals surface area contributed by atoms with Gasteiger partial charge in [-0.25, -0.2) is 0 Å². The van der Waals surface area contributed by atoms with Crippen LogP contribution in [0.2, 0.25) is 0 Å². The predicted octanol–water partition coefficient (Wildman–Crippen LogP) is -1.29. The van der Waals surface area contributed by atoms with Gasteiger partial charge in [0.2, 0.25) is 11.8 Å². The molecule has 0 aliphatic carbocycles. The van der Waals surface area contributed by atoms with Crippen molar-refractivity contribution in [2.24, 2.45) is 0 Å². The summed E-state index contributed by atoms with van der Waals surface area (Å²) in [5.41, 5.74) is 1.76. The second-order valence-electron chi connectivity index (χ2n) is 6.58. The summed E-state index contributed by atoms with van der Waals surface area (Å²) in [7, 11) is 0. The Kier molecular flexibility index (Phi) is 7.90. The van der Waals surface area contributed by atoms with Crippen molar-refractivity contribution in [2.75, 3.05) is 39.3 Å². The molecule has 0 aromatic heterocycles. The van der Waals surface area contributed by atoms with Crippen molar-refractivity contribution < 1.29 is 29.4 Å². The summed E-state index contributed by atoms with van der Waals surface area (Å²) in [6.07, 6.45) is 0. The molecule has 0 saturated carbocycles. The molecule has 0 spiro atoms. The molecule has 0 atom stereocenters. The minimum absolute atomic E-state index is 0.133. The lowest BCUT2D eigenvalue weighted by Crippen LogP contribution is -2.46. The van der Waals surface area contributed by atoms with Gasteiger partial charge in [-0.05, 0) is 11.1 Å². The van der Waals surface area contributed by atoms with Crippen molar-refractivity contribution in [1.29, 1.82) is 0 Å². The Hall–Kier alpha value is -2.98. The van der Waals surface area contributed by atoms with Crippen molar-refractivity contribution in [3.05, 3.63) is 35.4 Å². The van der Waals surface area contributed by atoms with E-state index < -0.39 is 11.9 Å². The zero-order valence-corrected chi connectivity index (χ0v) is 15.4. The largest absolute Gasteiger partial charge is 0.480 e. The number of carbonyl (C=O) groups is 4. The number of hydrogen-bond acceptors (Lipinski definition) is 6. The van der Waals surface area contributed by atoms with Crippen molar-refractivity contribution in [2.45, 2.75) is 13.1 Å². The Labute approximate surface area is 162 Å². The van der Waals surface area contributed by atoms with E-state index in [0.29, 0.717) is 13.1 Å². The van der Waals surface area contributed by atoms with Gasteiger partial charge < -0.3 is 20.8 Å². The van der Waals surface area contributed by atoms with Crippen molar-refractivity contribution >= 4 is 23.8 Å². The summed E-state index contributed by atoms with van der Waals surface area (Å²) in [6, 6.07) is 7.33. The highest BCUT2D eigenvalue weighted by atomic mass is 16.4. The zero-order chi connectivity index (χ0) is 20.5. The molecule has 1 aromatic rings. The van der Waals surface area contributed by atoms with E-state index in [4.69, 9.17) is 10.2 Å². The first-order valence-electron chi connectivity index (χ1n) is 8.81. The monoisotopic (exact) mass is 392 g/mol. The highest BCUT2D eigenvalue weighted by Gasteiger charge is 2.19. The molecule has 0 fully saturated rings. The predicted molar refractivity (Wildman–Crippen MR) is 98.3 cm³/mol. The topological polar surface area (TPSA) is 139 Å². The average molecular weight is 392 g/mol. The number of carboxylic acids is 2. The van der Waals surface area contributed by atoms with Crippen molar-refractivity contribution in [3.63, 3.8) is 0 Å². The quantitative estimate of drug-likeness (QED) is 0.464. The molecule has 0 unspecified atom stereocenters. The van der Waals surface area contributed by atoms with Crippen LogP contribution in [0.25, 0.3) is 0 Å². The number of fused-ring (bicyclic) bond motifs is 13. The van der Waals surface area contributed by atoms with Gasteiger partial charge in [-0.15, -0.1) is 0 Å². The smallest absolute Gasteiger partial charge is 0.317 e. The maximum Gasteiger partial charge on any atom is 0.317 e. The fraction of sp³-hybridized carbons (Fsp3) is 0.444. The first-order valence-corrected chi connectivity index (χ1v) is 8.81. The lowest BCUT2D eigenvalue weighted by molar-refractivity contribution is -0.141. The van der Waals surface area contributed by atoms with Crippen LogP contribution in [0.1, 0.15) is 11.1 Å².